The first-order chi connectivity index (χ1) is 9.61. The van der Waals surface area contributed by atoms with Gasteiger partial charge in [0, 0.05) is 12.1 Å². The quantitative estimate of drug-likeness (QED) is 0.635. The Hall–Kier alpha value is -2.44. The number of nitrogens with one attached hydrogen (secondary N) is 1. The van der Waals surface area contributed by atoms with Crippen LogP contribution < -0.4 is 5.32 Å². The maximum absolute atomic E-state index is 11.9. The highest BCUT2D eigenvalue weighted by atomic mass is 16.6. The van der Waals surface area contributed by atoms with Crippen LogP contribution in [0.25, 0.3) is 0 Å². The second kappa shape index (κ2) is 6.34. The zero-order chi connectivity index (χ0) is 16.2. The van der Waals surface area contributed by atoms with Crippen LogP contribution in [0.3, 0.4) is 0 Å². The number of non-ortho nitro benzene ring substituents is 1. The Kier molecular flexibility index (Phi) is 5.02. The van der Waals surface area contributed by atoms with E-state index in [0.29, 0.717) is 5.56 Å². The van der Waals surface area contributed by atoms with Gasteiger partial charge in [0.05, 0.1) is 11.3 Å². The van der Waals surface area contributed by atoms with Crippen molar-refractivity contribution in [3.05, 3.63) is 39.9 Å². The van der Waals surface area contributed by atoms with Crippen LogP contribution in [0.2, 0.25) is 0 Å². The van der Waals surface area contributed by atoms with Crippen LogP contribution in [-0.2, 0) is 16.0 Å². The second-order valence-corrected chi connectivity index (χ2v) is 5.81. The number of benzene rings is 1. The molecule has 0 radical (unpaired) electrons. The van der Waals surface area contributed by atoms with Gasteiger partial charge in [-0.25, -0.2) is 4.79 Å². The molecule has 0 spiro atoms. The number of hydrogen-bond acceptors (Lipinski definition) is 4. The van der Waals surface area contributed by atoms with Crippen LogP contribution in [-0.4, -0.2) is 27.9 Å². The average Bonchev–Trinajstić information content (AvgIpc) is 2.34. The first-order valence-electron chi connectivity index (χ1n) is 6.37. The molecule has 7 heteroatoms. The number of carbonyl (C=O) groups is 2. The topological polar surface area (TPSA) is 110 Å². The summed E-state index contributed by atoms with van der Waals surface area (Å²) in [6, 6.07) is 4.67. The van der Waals surface area contributed by atoms with E-state index in [-0.39, 0.29) is 12.1 Å². The van der Waals surface area contributed by atoms with Gasteiger partial charge in [-0.15, -0.1) is 0 Å². The van der Waals surface area contributed by atoms with Gasteiger partial charge in [0.2, 0.25) is 5.91 Å². The van der Waals surface area contributed by atoms with E-state index >= 15 is 0 Å². The predicted molar refractivity (Wildman–Crippen MR) is 75.8 cm³/mol. The number of nitro groups is 1. The molecule has 0 aliphatic heterocycles. The summed E-state index contributed by atoms with van der Waals surface area (Å²) in [5.41, 5.74) is -0.282. The lowest BCUT2D eigenvalue weighted by molar-refractivity contribution is -0.384. The second-order valence-electron chi connectivity index (χ2n) is 5.81. The minimum Gasteiger partial charge on any atom is -0.480 e. The van der Waals surface area contributed by atoms with E-state index in [9.17, 15) is 19.7 Å². The monoisotopic (exact) mass is 294 g/mol. The van der Waals surface area contributed by atoms with Gasteiger partial charge in [-0.05, 0) is 11.0 Å². The van der Waals surface area contributed by atoms with Crippen LogP contribution in [0.1, 0.15) is 26.3 Å². The van der Waals surface area contributed by atoms with Crippen molar-refractivity contribution >= 4 is 17.6 Å². The molecule has 7 nitrogen and oxygen atoms in total. The molecule has 0 unspecified atom stereocenters. The number of carboxylic acid groups (broad SMARTS) is 1. The Morgan fingerprint density at radius 3 is 2.48 bits per heavy atom. The van der Waals surface area contributed by atoms with Crippen molar-refractivity contribution in [1.82, 2.24) is 5.32 Å². The third kappa shape index (κ3) is 4.87. The molecule has 0 aliphatic rings. The van der Waals surface area contributed by atoms with Crippen molar-refractivity contribution in [2.75, 3.05) is 0 Å². The van der Waals surface area contributed by atoms with Gasteiger partial charge < -0.3 is 10.4 Å². The molecule has 21 heavy (non-hydrogen) atoms. The van der Waals surface area contributed by atoms with E-state index in [1.807, 2.05) is 0 Å². The van der Waals surface area contributed by atoms with Gasteiger partial charge in [-0.3, -0.25) is 14.9 Å². The smallest absolute Gasteiger partial charge is 0.326 e. The van der Waals surface area contributed by atoms with Crippen molar-refractivity contribution in [3.8, 4) is 0 Å². The first kappa shape index (κ1) is 16.6. The van der Waals surface area contributed by atoms with Crippen molar-refractivity contribution in [1.29, 1.82) is 0 Å². The van der Waals surface area contributed by atoms with E-state index < -0.39 is 28.3 Å². The molecule has 0 heterocycles. The number of rotatable bonds is 5. The fourth-order valence-electron chi connectivity index (χ4n) is 1.83. The van der Waals surface area contributed by atoms with E-state index in [4.69, 9.17) is 5.11 Å². The lowest BCUT2D eigenvalue weighted by Gasteiger charge is -2.27. The summed E-state index contributed by atoms with van der Waals surface area (Å²) in [6.45, 7) is 5.12. The molecule has 0 bridgehead atoms. The molecule has 0 aromatic heterocycles. The van der Waals surface area contributed by atoms with E-state index in [2.05, 4.69) is 5.32 Å². The third-order valence-electron chi connectivity index (χ3n) is 2.90. The zero-order valence-corrected chi connectivity index (χ0v) is 12.1. The number of carbonyl (C=O) groups excluding carboxylic acids is 1. The standard InChI is InChI=1S/C14H18N2O5/c1-14(2,3)12(13(18)19)15-11(17)8-9-5-4-6-10(7-9)16(20)21/h4-7,12H,8H2,1-3H3,(H,15,17)(H,18,19)/t12-/m0/s1. The highest BCUT2D eigenvalue weighted by Gasteiger charge is 2.32. The maximum Gasteiger partial charge on any atom is 0.326 e. The summed E-state index contributed by atoms with van der Waals surface area (Å²) in [4.78, 5) is 33.2. The number of aliphatic carboxylic acids is 1. The molecule has 2 N–H and O–H groups in total. The SMILES string of the molecule is CC(C)(C)[C@@H](NC(=O)Cc1cccc([N+](=O)[O-])c1)C(=O)O. The Morgan fingerprint density at radius 2 is 2.00 bits per heavy atom. The number of carboxylic acids is 1. The van der Waals surface area contributed by atoms with E-state index in [0.717, 1.165) is 0 Å². The molecule has 1 aromatic carbocycles. The minimum atomic E-state index is -1.12. The average molecular weight is 294 g/mol. The maximum atomic E-state index is 11.9. The number of nitro benzene ring substituents is 1. The van der Waals surface area contributed by atoms with Gasteiger partial charge in [-0.1, -0.05) is 32.9 Å². The molecular weight excluding hydrogens is 276 g/mol. The van der Waals surface area contributed by atoms with Gasteiger partial charge in [0.15, 0.2) is 0 Å². The molecule has 0 fully saturated rings. The molecule has 114 valence electrons. The number of hydrogen-bond donors (Lipinski definition) is 2. The molecule has 1 aromatic rings. The van der Waals surface area contributed by atoms with E-state index in [1.165, 1.54) is 18.2 Å². The fraction of sp³-hybridized carbons (Fsp3) is 0.429. The van der Waals surface area contributed by atoms with Crippen molar-refractivity contribution < 1.29 is 19.6 Å². The van der Waals surface area contributed by atoms with Crippen LogP contribution >= 0.6 is 0 Å². The van der Waals surface area contributed by atoms with Crippen LogP contribution in [0.5, 0.6) is 0 Å². The Bertz CT molecular complexity index is 563. The third-order valence-corrected chi connectivity index (χ3v) is 2.90. The summed E-state index contributed by atoms with van der Waals surface area (Å²) in [6.07, 6.45) is -0.110. The van der Waals surface area contributed by atoms with Gasteiger partial charge >= 0.3 is 5.97 Å². The summed E-state index contributed by atoms with van der Waals surface area (Å²) in [5.74, 6) is -1.60. The Labute approximate surface area is 122 Å². The predicted octanol–water partition coefficient (Wildman–Crippen LogP) is 1.75. The minimum absolute atomic E-state index is 0.106. The summed E-state index contributed by atoms with van der Waals surface area (Å²) < 4.78 is 0. The normalized spacial score (nSPS) is 12.5. The van der Waals surface area contributed by atoms with Crippen molar-refractivity contribution in [2.24, 2.45) is 5.41 Å². The lowest BCUT2D eigenvalue weighted by Crippen LogP contribution is -2.49. The highest BCUT2D eigenvalue weighted by Crippen LogP contribution is 2.20. The largest absolute Gasteiger partial charge is 0.480 e. The number of nitrogens with zero attached hydrogens (tertiary/aromatic N) is 1. The molecule has 1 amide bonds. The lowest BCUT2D eigenvalue weighted by atomic mass is 9.86. The zero-order valence-electron chi connectivity index (χ0n) is 12.1. The van der Waals surface area contributed by atoms with Gasteiger partial charge in [0.1, 0.15) is 6.04 Å². The molecule has 1 atom stereocenters. The van der Waals surface area contributed by atoms with Crippen molar-refractivity contribution in [3.63, 3.8) is 0 Å². The summed E-state index contributed by atoms with van der Waals surface area (Å²) in [7, 11) is 0. The summed E-state index contributed by atoms with van der Waals surface area (Å²) >= 11 is 0. The molecule has 1 rings (SSSR count). The van der Waals surface area contributed by atoms with Gasteiger partial charge in [0.25, 0.3) is 5.69 Å². The molecule has 0 saturated heterocycles. The van der Waals surface area contributed by atoms with Crippen LogP contribution in [0.15, 0.2) is 24.3 Å². The highest BCUT2D eigenvalue weighted by molar-refractivity contribution is 5.85. The Balaban J connectivity index is 2.79. The van der Waals surface area contributed by atoms with Crippen LogP contribution in [0.4, 0.5) is 5.69 Å². The summed E-state index contributed by atoms with van der Waals surface area (Å²) in [5, 5.41) is 22.2. The van der Waals surface area contributed by atoms with E-state index in [1.54, 1.807) is 26.8 Å². The van der Waals surface area contributed by atoms with Crippen molar-refractivity contribution in [2.45, 2.75) is 33.2 Å². The Morgan fingerprint density at radius 1 is 1.38 bits per heavy atom. The molecule has 0 saturated carbocycles. The molecular formula is C14H18N2O5. The molecule has 0 aliphatic carbocycles. The first-order valence-corrected chi connectivity index (χ1v) is 6.37. The van der Waals surface area contributed by atoms with Gasteiger partial charge in [-0.2, -0.15) is 0 Å². The number of amides is 1. The fourth-order valence-corrected chi connectivity index (χ4v) is 1.83. The van der Waals surface area contributed by atoms with Crippen LogP contribution in [0, 0.1) is 15.5 Å².